The van der Waals surface area contributed by atoms with Crippen LogP contribution in [0.15, 0.2) is 0 Å². The predicted molar refractivity (Wildman–Crippen MR) is 66.1 cm³/mol. The lowest BCUT2D eigenvalue weighted by Crippen LogP contribution is -2.41. The Hall–Kier alpha value is -0.220. The first kappa shape index (κ1) is 12.8. The number of thioether (sulfide) groups is 1. The van der Waals surface area contributed by atoms with Crippen LogP contribution in [0.2, 0.25) is 0 Å². The second-order valence-corrected chi connectivity index (χ2v) is 6.44. The van der Waals surface area contributed by atoms with Gasteiger partial charge in [-0.25, -0.2) is 0 Å². The van der Waals surface area contributed by atoms with Gasteiger partial charge in [0.05, 0.1) is 5.92 Å². The number of rotatable bonds is 4. The van der Waals surface area contributed by atoms with Crippen molar-refractivity contribution < 1.29 is 4.79 Å². The van der Waals surface area contributed by atoms with Crippen LogP contribution in [0.25, 0.3) is 0 Å². The summed E-state index contributed by atoms with van der Waals surface area (Å²) in [6.45, 7) is 8.96. The summed E-state index contributed by atoms with van der Waals surface area (Å²) < 4.78 is 0.130. The van der Waals surface area contributed by atoms with E-state index >= 15 is 0 Å². The topological polar surface area (TPSA) is 41.1 Å². The molecule has 0 radical (unpaired) electrons. The van der Waals surface area contributed by atoms with E-state index in [4.69, 9.17) is 0 Å². The van der Waals surface area contributed by atoms with Gasteiger partial charge in [-0.15, -0.1) is 0 Å². The van der Waals surface area contributed by atoms with Gasteiger partial charge in [0.25, 0.3) is 0 Å². The highest BCUT2D eigenvalue weighted by atomic mass is 32.2. The molecule has 15 heavy (non-hydrogen) atoms. The van der Waals surface area contributed by atoms with Gasteiger partial charge in [-0.2, -0.15) is 11.8 Å². The van der Waals surface area contributed by atoms with Gasteiger partial charge in [0.15, 0.2) is 0 Å². The van der Waals surface area contributed by atoms with E-state index in [2.05, 4.69) is 37.7 Å². The Kier molecular flexibility index (Phi) is 4.46. The van der Waals surface area contributed by atoms with Crippen LogP contribution in [0.1, 0.15) is 20.8 Å². The molecule has 1 aliphatic heterocycles. The van der Waals surface area contributed by atoms with Crippen molar-refractivity contribution in [1.29, 1.82) is 0 Å². The van der Waals surface area contributed by atoms with Crippen LogP contribution >= 0.6 is 11.8 Å². The summed E-state index contributed by atoms with van der Waals surface area (Å²) in [5, 5.41) is 6.29. The maximum Gasteiger partial charge on any atom is 0.224 e. The molecule has 2 N–H and O–H groups in total. The van der Waals surface area contributed by atoms with Crippen molar-refractivity contribution in [3.63, 3.8) is 0 Å². The lowest BCUT2D eigenvalue weighted by atomic mass is 9.97. The summed E-state index contributed by atoms with van der Waals surface area (Å²) in [6.07, 6.45) is 2.08. The second-order valence-electron chi connectivity index (χ2n) is 4.92. The van der Waals surface area contributed by atoms with Crippen LogP contribution in [0, 0.1) is 11.8 Å². The predicted octanol–water partition coefficient (Wildman–Crippen LogP) is 1.10. The highest BCUT2D eigenvalue weighted by molar-refractivity contribution is 7.99. The lowest BCUT2D eigenvalue weighted by molar-refractivity contribution is -0.125. The number of hydrogen-bond acceptors (Lipinski definition) is 3. The minimum absolute atomic E-state index is 0.130. The molecule has 0 aromatic heterocycles. The van der Waals surface area contributed by atoms with Crippen LogP contribution in [0.3, 0.4) is 0 Å². The van der Waals surface area contributed by atoms with E-state index in [0.717, 1.165) is 19.6 Å². The Morgan fingerprint density at radius 2 is 2.20 bits per heavy atom. The summed E-state index contributed by atoms with van der Waals surface area (Å²) in [5.74, 6) is 0.819. The molecule has 1 rings (SSSR count). The van der Waals surface area contributed by atoms with Gasteiger partial charge in [0.1, 0.15) is 0 Å². The van der Waals surface area contributed by atoms with Gasteiger partial charge in [-0.3, -0.25) is 4.79 Å². The third kappa shape index (κ3) is 3.68. The standard InChI is InChI=1S/C11H22N2OS/c1-8-5-12-6-9(8)10(14)13-7-11(2,3)15-4/h8-9,12H,5-7H2,1-4H3,(H,13,14). The van der Waals surface area contributed by atoms with E-state index in [0.29, 0.717) is 5.92 Å². The van der Waals surface area contributed by atoms with Gasteiger partial charge in [0.2, 0.25) is 5.91 Å². The molecule has 0 spiro atoms. The summed E-state index contributed by atoms with van der Waals surface area (Å²) >= 11 is 1.78. The Bertz CT molecular complexity index is 231. The number of nitrogens with one attached hydrogen (secondary N) is 2. The molecule has 1 heterocycles. The second kappa shape index (κ2) is 5.21. The Balaban J connectivity index is 2.36. The fourth-order valence-corrected chi connectivity index (χ4v) is 1.88. The van der Waals surface area contributed by atoms with Crippen molar-refractivity contribution >= 4 is 17.7 Å². The fourth-order valence-electron chi connectivity index (χ4n) is 1.66. The van der Waals surface area contributed by atoms with Gasteiger partial charge in [0, 0.05) is 17.8 Å². The molecule has 3 nitrogen and oxygen atoms in total. The maximum absolute atomic E-state index is 11.9. The first-order valence-corrected chi connectivity index (χ1v) is 6.72. The molecule has 0 bridgehead atoms. The zero-order valence-corrected chi connectivity index (χ0v) is 10.9. The molecule has 0 saturated carbocycles. The van der Waals surface area contributed by atoms with Crippen molar-refractivity contribution in [3.8, 4) is 0 Å². The van der Waals surface area contributed by atoms with E-state index in [1.807, 2.05) is 0 Å². The zero-order valence-electron chi connectivity index (χ0n) is 10.1. The van der Waals surface area contributed by atoms with E-state index in [1.165, 1.54) is 0 Å². The normalized spacial score (nSPS) is 26.7. The molecule has 2 atom stereocenters. The van der Waals surface area contributed by atoms with Gasteiger partial charge >= 0.3 is 0 Å². The number of hydrogen-bond donors (Lipinski definition) is 2. The molecule has 0 aliphatic carbocycles. The molecule has 1 aliphatic rings. The van der Waals surface area contributed by atoms with E-state index in [-0.39, 0.29) is 16.6 Å². The van der Waals surface area contributed by atoms with Gasteiger partial charge in [-0.1, -0.05) is 6.92 Å². The fraction of sp³-hybridized carbons (Fsp3) is 0.909. The highest BCUT2D eigenvalue weighted by Gasteiger charge is 2.30. The third-order valence-corrected chi connectivity index (χ3v) is 4.34. The zero-order chi connectivity index (χ0) is 11.5. The molecule has 1 fully saturated rings. The smallest absolute Gasteiger partial charge is 0.224 e. The van der Waals surface area contributed by atoms with Crippen molar-refractivity contribution in [2.75, 3.05) is 25.9 Å². The number of carbonyl (C=O) groups excluding carboxylic acids is 1. The maximum atomic E-state index is 11.9. The molecular formula is C11H22N2OS. The van der Waals surface area contributed by atoms with Crippen molar-refractivity contribution in [3.05, 3.63) is 0 Å². The van der Waals surface area contributed by atoms with E-state index in [9.17, 15) is 4.79 Å². The molecular weight excluding hydrogens is 208 g/mol. The first-order valence-electron chi connectivity index (χ1n) is 5.50. The Labute approximate surface area is 96.8 Å². The lowest BCUT2D eigenvalue weighted by Gasteiger charge is -2.24. The molecule has 88 valence electrons. The minimum atomic E-state index is 0.130. The molecule has 0 aromatic carbocycles. The summed E-state index contributed by atoms with van der Waals surface area (Å²) in [7, 11) is 0. The summed E-state index contributed by atoms with van der Waals surface area (Å²) in [5.41, 5.74) is 0. The molecule has 1 amide bonds. The van der Waals surface area contributed by atoms with Gasteiger partial charge < -0.3 is 10.6 Å². The molecule has 2 unspecified atom stereocenters. The van der Waals surface area contributed by atoms with E-state index < -0.39 is 0 Å². The molecule has 0 aromatic rings. The highest BCUT2D eigenvalue weighted by Crippen LogP contribution is 2.21. The molecule has 1 saturated heterocycles. The average Bonchev–Trinajstić information content (AvgIpc) is 2.61. The largest absolute Gasteiger partial charge is 0.354 e. The quantitative estimate of drug-likeness (QED) is 0.760. The van der Waals surface area contributed by atoms with Crippen molar-refractivity contribution in [2.45, 2.75) is 25.5 Å². The van der Waals surface area contributed by atoms with Gasteiger partial charge in [-0.05, 0) is 32.6 Å². The summed E-state index contributed by atoms with van der Waals surface area (Å²) in [4.78, 5) is 11.9. The van der Waals surface area contributed by atoms with Crippen LogP contribution in [0.4, 0.5) is 0 Å². The van der Waals surface area contributed by atoms with Crippen molar-refractivity contribution in [2.24, 2.45) is 11.8 Å². The minimum Gasteiger partial charge on any atom is -0.354 e. The third-order valence-electron chi connectivity index (χ3n) is 3.10. The van der Waals surface area contributed by atoms with Crippen LogP contribution in [-0.4, -0.2) is 36.5 Å². The van der Waals surface area contributed by atoms with Crippen LogP contribution in [-0.2, 0) is 4.79 Å². The SMILES string of the molecule is CSC(C)(C)CNC(=O)C1CNCC1C. The Morgan fingerprint density at radius 3 is 2.67 bits per heavy atom. The van der Waals surface area contributed by atoms with E-state index in [1.54, 1.807) is 11.8 Å². The number of amides is 1. The Morgan fingerprint density at radius 1 is 1.53 bits per heavy atom. The summed E-state index contributed by atoms with van der Waals surface area (Å²) in [6, 6.07) is 0. The number of carbonyl (C=O) groups is 1. The van der Waals surface area contributed by atoms with Crippen molar-refractivity contribution in [1.82, 2.24) is 10.6 Å². The molecule has 4 heteroatoms. The monoisotopic (exact) mass is 230 g/mol. The first-order chi connectivity index (χ1) is 6.96. The van der Waals surface area contributed by atoms with Crippen LogP contribution in [0.5, 0.6) is 0 Å². The van der Waals surface area contributed by atoms with Crippen LogP contribution < -0.4 is 10.6 Å². The average molecular weight is 230 g/mol.